The average molecular weight is 381 g/mol. The number of carbonyl (C=O) groups excluding carboxylic acids is 1. The number of rotatable bonds is 5. The molecule has 0 aliphatic carbocycles. The normalized spacial score (nSPS) is 21.7. The van der Waals surface area contributed by atoms with Gasteiger partial charge < -0.3 is 9.80 Å². The second-order valence-electron chi connectivity index (χ2n) is 6.80. The summed E-state index contributed by atoms with van der Waals surface area (Å²) >= 11 is 0. The van der Waals surface area contributed by atoms with Gasteiger partial charge in [0.05, 0.1) is 16.4 Å². The Morgan fingerprint density at radius 3 is 2.58 bits per heavy atom. The average Bonchev–Trinajstić information content (AvgIpc) is 3.24. The highest BCUT2D eigenvalue weighted by Crippen LogP contribution is 2.32. The smallest absolute Gasteiger partial charge is 0.293 e. The van der Waals surface area contributed by atoms with Crippen LogP contribution in [-0.2, 0) is 9.84 Å². The largest absolute Gasteiger partial charge is 0.366 e. The Hall–Kier alpha value is -2.16. The van der Waals surface area contributed by atoms with Crippen molar-refractivity contribution in [2.75, 3.05) is 36.0 Å². The summed E-state index contributed by atoms with van der Waals surface area (Å²) in [5, 5.41) is 11.5. The van der Waals surface area contributed by atoms with E-state index in [9.17, 15) is 23.3 Å². The van der Waals surface area contributed by atoms with Crippen molar-refractivity contribution in [3.05, 3.63) is 33.9 Å². The van der Waals surface area contributed by atoms with Crippen LogP contribution in [0.4, 0.5) is 11.4 Å². The molecule has 26 heavy (non-hydrogen) atoms. The van der Waals surface area contributed by atoms with Crippen LogP contribution in [0.1, 0.15) is 36.5 Å². The molecule has 2 aliphatic rings. The van der Waals surface area contributed by atoms with Gasteiger partial charge in [0.2, 0.25) is 0 Å². The monoisotopic (exact) mass is 381 g/mol. The van der Waals surface area contributed by atoms with Crippen LogP contribution in [0, 0.1) is 10.1 Å². The minimum atomic E-state index is -3.11. The molecule has 142 valence electrons. The molecule has 0 N–H and O–H groups in total. The lowest BCUT2D eigenvalue weighted by atomic mass is 10.1. The molecule has 0 aromatic heterocycles. The summed E-state index contributed by atoms with van der Waals surface area (Å²) in [4.78, 5) is 27.4. The van der Waals surface area contributed by atoms with Crippen LogP contribution in [0.3, 0.4) is 0 Å². The second-order valence-corrected chi connectivity index (χ2v) is 9.03. The number of nitro benzene ring substituents is 1. The molecular formula is C17H23N3O5S. The molecule has 2 aliphatic heterocycles. The van der Waals surface area contributed by atoms with Gasteiger partial charge in [0.1, 0.15) is 5.69 Å². The first-order chi connectivity index (χ1) is 12.3. The third-order valence-corrected chi connectivity index (χ3v) is 6.87. The van der Waals surface area contributed by atoms with Crippen molar-refractivity contribution in [2.45, 2.75) is 32.2 Å². The molecule has 0 saturated carbocycles. The maximum Gasteiger partial charge on any atom is 0.293 e. The van der Waals surface area contributed by atoms with Crippen molar-refractivity contribution < 1.29 is 18.1 Å². The zero-order valence-corrected chi connectivity index (χ0v) is 15.6. The Labute approximate surface area is 152 Å². The Balaban J connectivity index is 1.88. The minimum absolute atomic E-state index is 0.0411. The highest BCUT2D eigenvalue weighted by Gasteiger charge is 2.35. The van der Waals surface area contributed by atoms with Crippen molar-refractivity contribution in [1.82, 2.24) is 4.90 Å². The van der Waals surface area contributed by atoms with Gasteiger partial charge in [-0.25, -0.2) is 8.42 Å². The number of hydrogen-bond donors (Lipinski definition) is 0. The van der Waals surface area contributed by atoms with Crippen LogP contribution in [0.5, 0.6) is 0 Å². The summed E-state index contributed by atoms with van der Waals surface area (Å²) in [6, 6.07) is 4.20. The van der Waals surface area contributed by atoms with E-state index in [0.29, 0.717) is 18.7 Å². The maximum absolute atomic E-state index is 12.9. The summed E-state index contributed by atoms with van der Waals surface area (Å²) in [6.45, 7) is 3.70. The molecule has 3 rings (SSSR count). The number of benzene rings is 1. The standard InChI is InChI=1S/C17H23N3O5S/c1-2-19(14-7-10-26(24,25)12-14)17(21)13-5-6-15(16(11-13)20(22)23)18-8-3-4-9-18/h5-6,11,14H,2-4,7-10,12H2,1H3. The lowest BCUT2D eigenvalue weighted by Gasteiger charge is -2.27. The van der Waals surface area contributed by atoms with Crippen LogP contribution in [-0.4, -0.2) is 61.3 Å². The number of amides is 1. The quantitative estimate of drug-likeness (QED) is 0.570. The molecule has 0 radical (unpaired) electrons. The molecule has 1 aromatic carbocycles. The van der Waals surface area contributed by atoms with Crippen LogP contribution in [0.25, 0.3) is 0 Å². The fourth-order valence-corrected chi connectivity index (χ4v) is 5.51. The molecule has 9 heteroatoms. The van der Waals surface area contributed by atoms with Crippen molar-refractivity contribution >= 4 is 27.1 Å². The highest BCUT2D eigenvalue weighted by molar-refractivity contribution is 7.91. The van der Waals surface area contributed by atoms with Crippen LogP contribution < -0.4 is 4.90 Å². The van der Waals surface area contributed by atoms with Gasteiger partial charge in [0, 0.05) is 37.3 Å². The number of nitro groups is 1. The molecule has 0 spiro atoms. The molecular weight excluding hydrogens is 358 g/mol. The van der Waals surface area contributed by atoms with Gasteiger partial charge in [-0.1, -0.05) is 0 Å². The van der Waals surface area contributed by atoms with Gasteiger partial charge in [-0.3, -0.25) is 14.9 Å². The van der Waals surface area contributed by atoms with Gasteiger partial charge in [0.25, 0.3) is 11.6 Å². The van der Waals surface area contributed by atoms with E-state index in [-0.39, 0.29) is 34.7 Å². The summed E-state index contributed by atoms with van der Waals surface area (Å²) in [6.07, 6.45) is 2.41. The predicted molar refractivity (Wildman–Crippen MR) is 98.3 cm³/mol. The van der Waals surface area contributed by atoms with Gasteiger partial charge in [-0.15, -0.1) is 0 Å². The number of carbonyl (C=O) groups is 1. The summed E-state index contributed by atoms with van der Waals surface area (Å²) in [5.41, 5.74) is 0.689. The topological polar surface area (TPSA) is 101 Å². The van der Waals surface area contributed by atoms with E-state index in [1.807, 2.05) is 4.90 Å². The first-order valence-corrected chi connectivity index (χ1v) is 10.7. The Kier molecular flexibility index (Phi) is 5.17. The SMILES string of the molecule is CCN(C(=O)c1ccc(N2CCCC2)c([N+](=O)[O-])c1)C1CCS(=O)(=O)C1. The van der Waals surface area contributed by atoms with E-state index in [4.69, 9.17) is 0 Å². The molecule has 2 fully saturated rings. The van der Waals surface area contributed by atoms with Crippen LogP contribution >= 0.6 is 0 Å². The number of anilines is 1. The molecule has 1 unspecified atom stereocenters. The van der Waals surface area contributed by atoms with Gasteiger partial charge in [-0.2, -0.15) is 0 Å². The van der Waals surface area contributed by atoms with Crippen molar-refractivity contribution in [3.8, 4) is 0 Å². The molecule has 8 nitrogen and oxygen atoms in total. The van der Waals surface area contributed by atoms with Crippen LogP contribution in [0.15, 0.2) is 18.2 Å². The summed E-state index contributed by atoms with van der Waals surface area (Å²) in [5.74, 6) is -0.318. The van der Waals surface area contributed by atoms with Gasteiger partial charge >= 0.3 is 0 Å². The minimum Gasteiger partial charge on any atom is -0.366 e. The molecule has 2 heterocycles. The predicted octanol–water partition coefficient (Wildman–Crippen LogP) is 1.84. The molecule has 2 saturated heterocycles. The molecule has 1 aromatic rings. The summed E-state index contributed by atoms with van der Waals surface area (Å²) in [7, 11) is -3.11. The zero-order valence-electron chi connectivity index (χ0n) is 14.8. The van der Waals surface area contributed by atoms with E-state index in [0.717, 1.165) is 25.9 Å². The highest BCUT2D eigenvalue weighted by atomic mass is 32.2. The van der Waals surface area contributed by atoms with Crippen molar-refractivity contribution in [3.63, 3.8) is 0 Å². The fraction of sp³-hybridized carbons (Fsp3) is 0.588. The van der Waals surface area contributed by atoms with Crippen molar-refractivity contribution in [1.29, 1.82) is 0 Å². The maximum atomic E-state index is 12.9. The fourth-order valence-electron chi connectivity index (χ4n) is 3.78. The lowest BCUT2D eigenvalue weighted by Crippen LogP contribution is -2.41. The third-order valence-electron chi connectivity index (χ3n) is 5.12. The molecule has 1 amide bonds. The van der Waals surface area contributed by atoms with E-state index in [1.54, 1.807) is 19.1 Å². The Bertz CT molecular complexity index is 818. The van der Waals surface area contributed by atoms with Crippen molar-refractivity contribution in [2.24, 2.45) is 0 Å². The van der Waals surface area contributed by atoms with Crippen LogP contribution in [0.2, 0.25) is 0 Å². The van der Waals surface area contributed by atoms with E-state index < -0.39 is 14.8 Å². The Morgan fingerprint density at radius 2 is 2.04 bits per heavy atom. The van der Waals surface area contributed by atoms with Gasteiger partial charge in [0.15, 0.2) is 9.84 Å². The van der Waals surface area contributed by atoms with E-state index in [2.05, 4.69) is 0 Å². The lowest BCUT2D eigenvalue weighted by molar-refractivity contribution is -0.384. The number of sulfone groups is 1. The third kappa shape index (κ3) is 3.67. The zero-order chi connectivity index (χ0) is 18.9. The second kappa shape index (κ2) is 7.22. The van der Waals surface area contributed by atoms with Gasteiger partial charge in [-0.05, 0) is 38.3 Å². The Morgan fingerprint density at radius 1 is 1.35 bits per heavy atom. The van der Waals surface area contributed by atoms with E-state index >= 15 is 0 Å². The first-order valence-electron chi connectivity index (χ1n) is 8.87. The molecule has 0 bridgehead atoms. The van der Waals surface area contributed by atoms with E-state index in [1.165, 1.54) is 11.0 Å². The molecule has 1 atom stereocenters. The summed E-state index contributed by atoms with van der Waals surface area (Å²) < 4.78 is 23.4. The first kappa shape index (κ1) is 18.6. The number of nitrogens with zero attached hydrogens (tertiary/aromatic N) is 3. The number of hydrogen-bond acceptors (Lipinski definition) is 6.